The molecule has 2 aromatic rings. The van der Waals surface area contributed by atoms with Gasteiger partial charge in [-0.3, -0.25) is 24.4 Å². The second-order valence-corrected chi connectivity index (χ2v) is 8.54. The highest BCUT2D eigenvalue weighted by molar-refractivity contribution is 5.83. The molecule has 4 rings (SSSR count). The molecule has 2 aliphatic heterocycles. The summed E-state index contributed by atoms with van der Waals surface area (Å²) in [7, 11) is 2.05. The van der Waals surface area contributed by atoms with Gasteiger partial charge in [0.25, 0.3) is 0 Å². The van der Waals surface area contributed by atoms with Crippen molar-refractivity contribution in [1.29, 1.82) is 0 Å². The number of likely N-dealkylation sites (tertiary alicyclic amines) is 1. The van der Waals surface area contributed by atoms with Crippen LogP contribution in [0.5, 0.6) is 0 Å². The van der Waals surface area contributed by atoms with Crippen molar-refractivity contribution in [2.75, 3.05) is 20.1 Å². The molecule has 32 heavy (non-hydrogen) atoms. The van der Waals surface area contributed by atoms with Crippen molar-refractivity contribution in [2.24, 2.45) is 0 Å². The number of carbonyl (C=O) groups is 2. The molecule has 0 saturated carbocycles. The fourth-order valence-corrected chi connectivity index (χ4v) is 4.71. The predicted octanol–water partition coefficient (Wildman–Crippen LogP) is 0.637. The summed E-state index contributed by atoms with van der Waals surface area (Å²) in [6.45, 7) is 2.19. The summed E-state index contributed by atoms with van der Waals surface area (Å²) in [4.78, 5) is 33.7. The molecule has 172 valence electrons. The number of hydrogen-bond acceptors (Lipinski definition) is 7. The van der Waals surface area contributed by atoms with Crippen LogP contribution in [0.4, 0.5) is 0 Å². The lowest BCUT2D eigenvalue weighted by Crippen LogP contribution is -2.49. The average Bonchev–Trinajstić information content (AvgIpc) is 3.42. The molecule has 2 saturated heterocycles. The van der Waals surface area contributed by atoms with E-state index in [-0.39, 0.29) is 36.5 Å². The second-order valence-electron chi connectivity index (χ2n) is 8.54. The lowest BCUT2D eigenvalue weighted by atomic mass is 10.0. The lowest BCUT2D eigenvalue weighted by molar-refractivity contribution is -0.126. The first-order valence-electron chi connectivity index (χ1n) is 11.1. The fraction of sp³-hybridized carbons (Fsp3) is 0.522. The number of aliphatic hydroxyl groups excluding tert-OH is 1. The van der Waals surface area contributed by atoms with Crippen LogP contribution >= 0.6 is 0 Å². The van der Waals surface area contributed by atoms with Gasteiger partial charge in [0.15, 0.2) is 0 Å². The van der Waals surface area contributed by atoms with E-state index in [1.165, 1.54) is 0 Å². The largest absolute Gasteiger partial charge is 0.462 e. The summed E-state index contributed by atoms with van der Waals surface area (Å²) in [6.07, 6.45) is 5.42. The number of furan rings is 1. The number of carbonyl (C=O) groups excluding carboxylic acids is 2. The maximum absolute atomic E-state index is 12.9. The zero-order valence-corrected chi connectivity index (χ0v) is 18.4. The number of likely N-dealkylation sites (N-methyl/N-ethyl adjacent to an activating group) is 1. The molecule has 0 bridgehead atoms. The topological polar surface area (TPSA) is 111 Å². The number of rotatable bonds is 8. The summed E-state index contributed by atoms with van der Waals surface area (Å²) < 4.78 is 5.62. The monoisotopic (exact) mass is 441 g/mol. The number of nitrogens with one attached hydrogen (secondary N) is 2. The molecule has 4 heterocycles. The van der Waals surface area contributed by atoms with Gasteiger partial charge < -0.3 is 20.2 Å². The SMILES string of the molecule is CN1C(CCC(=O)NCc2cccnc2)CNC(=O)C2C1CCN2Cc1ccc(CO)o1. The summed E-state index contributed by atoms with van der Waals surface area (Å²) in [5.74, 6) is 1.30. The van der Waals surface area contributed by atoms with Gasteiger partial charge in [0.05, 0.1) is 6.54 Å². The summed E-state index contributed by atoms with van der Waals surface area (Å²) in [5, 5.41) is 15.2. The Balaban J connectivity index is 1.32. The molecule has 2 aromatic heterocycles. The van der Waals surface area contributed by atoms with Crippen molar-refractivity contribution in [3.05, 3.63) is 53.7 Å². The smallest absolute Gasteiger partial charge is 0.239 e. The van der Waals surface area contributed by atoms with Crippen molar-refractivity contribution < 1.29 is 19.1 Å². The maximum atomic E-state index is 12.9. The fourth-order valence-electron chi connectivity index (χ4n) is 4.71. The van der Waals surface area contributed by atoms with Crippen LogP contribution in [-0.4, -0.2) is 70.0 Å². The first-order chi connectivity index (χ1) is 15.5. The van der Waals surface area contributed by atoms with Gasteiger partial charge in [-0.15, -0.1) is 0 Å². The van der Waals surface area contributed by atoms with E-state index in [0.717, 1.165) is 24.3 Å². The van der Waals surface area contributed by atoms with E-state index in [4.69, 9.17) is 4.42 Å². The molecule has 9 nitrogen and oxygen atoms in total. The Morgan fingerprint density at radius 2 is 2.19 bits per heavy atom. The Hall–Kier alpha value is -2.75. The minimum Gasteiger partial charge on any atom is -0.462 e. The summed E-state index contributed by atoms with van der Waals surface area (Å²) >= 11 is 0. The molecule has 2 fully saturated rings. The van der Waals surface area contributed by atoms with E-state index in [0.29, 0.717) is 38.2 Å². The van der Waals surface area contributed by atoms with Gasteiger partial charge in [0.2, 0.25) is 11.8 Å². The molecular formula is C23H31N5O4. The van der Waals surface area contributed by atoms with Crippen molar-refractivity contribution in [2.45, 2.75) is 57.1 Å². The van der Waals surface area contributed by atoms with Gasteiger partial charge in [-0.05, 0) is 43.7 Å². The van der Waals surface area contributed by atoms with Crippen molar-refractivity contribution in [3.8, 4) is 0 Å². The quantitative estimate of drug-likeness (QED) is 0.551. The third kappa shape index (κ3) is 5.17. The summed E-state index contributed by atoms with van der Waals surface area (Å²) in [5.41, 5.74) is 0.969. The van der Waals surface area contributed by atoms with Crippen LogP contribution in [-0.2, 0) is 29.3 Å². The molecule has 3 atom stereocenters. The van der Waals surface area contributed by atoms with Gasteiger partial charge in [0, 0.05) is 50.5 Å². The zero-order valence-electron chi connectivity index (χ0n) is 18.4. The molecule has 0 radical (unpaired) electrons. The second kappa shape index (κ2) is 10.2. The number of pyridine rings is 1. The van der Waals surface area contributed by atoms with Crippen LogP contribution in [0.2, 0.25) is 0 Å². The molecule has 0 spiro atoms. The Kier molecular flexibility index (Phi) is 7.19. The maximum Gasteiger partial charge on any atom is 0.239 e. The first-order valence-corrected chi connectivity index (χ1v) is 11.1. The Morgan fingerprint density at radius 1 is 1.34 bits per heavy atom. The van der Waals surface area contributed by atoms with E-state index in [1.54, 1.807) is 18.5 Å². The molecule has 2 amide bonds. The number of aliphatic hydroxyl groups is 1. The first kappa shape index (κ1) is 22.4. The lowest BCUT2D eigenvalue weighted by Gasteiger charge is -2.33. The van der Waals surface area contributed by atoms with Gasteiger partial charge in [-0.1, -0.05) is 6.07 Å². The van der Waals surface area contributed by atoms with Crippen LogP contribution in [0.1, 0.15) is 36.3 Å². The van der Waals surface area contributed by atoms with Crippen molar-refractivity contribution >= 4 is 11.8 Å². The highest BCUT2D eigenvalue weighted by Crippen LogP contribution is 2.29. The minimum atomic E-state index is -0.257. The molecule has 3 unspecified atom stereocenters. The molecule has 3 N–H and O–H groups in total. The number of nitrogens with zero attached hydrogens (tertiary/aromatic N) is 3. The van der Waals surface area contributed by atoms with Crippen LogP contribution in [0.15, 0.2) is 41.1 Å². The Bertz CT molecular complexity index is 918. The van der Waals surface area contributed by atoms with E-state index < -0.39 is 0 Å². The number of aromatic nitrogens is 1. The van der Waals surface area contributed by atoms with Crippen molar-refractivity contribution in [1.82, 2.24) is 25.4 Å². The highest BCUT2D eigenvalue weighted by Gasteiger charge is 2.45. The van der Waals surface area contributed by atoms with Gasteiger partial charge in [-0.25, -0.2) is 0 Å². The molecular weight excluding hydrogens is 410 g/mol. The van der Waals surface area contributed by atoms with E-state index in [9.17, 15) is 14.7 Å². The number of amides is 2. The molecule has 0 aliphatic carbocycles. The number of hydrogen-bond donors (Lipinski definition) is 3. The molecule has 9 heteroatoms. The van der Waals surface area contributed by atoms with Crippen LogP contribution in [0, 0.1) is 0 Å². The third-order valence-electron chi connectivity index (χ3n) is 6.50. The Morgan fingerprint density at radius 3 is 2.94 bits per heavy atom. The third-order valence-corrected chi connectivity index (χ3v) is 6.50. The van der Waals surface area contributed by atoms with Crippen molar-refractivity contribution in [3.63, 3.8) is 0 Å². The highest BCUT2D eigenvalue weighted by atomic mass is 16.4. The van der Waals surface area contributed by atoms with E-state index in [1.807, 2.05) is 18.2 Å². The molecule has 2 aliphatic rings. The van der Waals surface area contributed by atoms with Crippen LogP contribution in [0.25, 0.3) is 0 Å². The van der Waals surface area contributed by atoms with E-state index in [2.05, 4.69) is 32.5 Å². The summed E-state index contributed by atoms with van der Waals surface area (Å²) in [6, 6.07) is 7.33. The minimum absolute atomic E-state index is 0.0000631. The zero-order chi connectivity index (χ0) is 22.5. The van der Waals surface area contributed by atoms with E-state index >= 15 is 0 Å². The number of fused-ring (bicyclic) bond motifs is 1. The van der Waals surface area contributed by atoms with Gasteiger partial charge in [-0.2, -0.15) is 0 Å². The average molecular weight is 442 g/mol. The van der Waals surface area contributed by atoms with Gasteiger partial charge in [0.1, 0.15) is 24.2 Å². The molecule has 0 aromatic carbocycles. The predicted molar refractivity (Wildman–Crippen MR) is 117 cm³/mol. The van der Waals surface area contributed by atoms with Crippen LogP contribution in [0.3, 0.4) is 0 Å². The normalized spacial score (nSPS) is 24.1. The Labute approximate surface area is 187 Å². The standard InChI is InChI=1S/C23H31N5O4/c1-27-17(4-7-21(30)25-12-16-3-2-9-24-11-16)13-26-23(31)22-20(27)8-10-28(22)14-18-5-6-19(15-29)32-18/h2-3,5-6,9,11,17,20,22,29H,4,7-8,10,12-15H2,1H3,(H,25,30)(H,26,31). The van der Waals surface area contributed by atoms with Gasteiger partial charge >= 0.3 is 0 Å². The van der Waals surface area contributed by atoms with Crippen LogP contribution < -0.4 is 10.6 Å².